The van der Waals surface area contributed by atoms with Gasteiger partial charge < -0.3 is 10.1 Å². The van der Waals surface area contributed by atoms with Crippen molar-refractivity contribution in [3.05, 3.63) is 46.2 Å². The number of anilines is 1. The van der Waals surface area contributed by atoms with E-state index in [4.69, 9.17) is 4.74 Å². The summed E-state index contributed by atoms with van der Waals surface area (Å²) in [5, 5.41) is 4.69. The molecule has 0 saturated carbocycles. The van der Waals surface area contributed by atoms with Gasteiger partial charge in [-0.1, -0.05) is 6.07 Å². The predicted molar refractivity (Wildman–Crippen MR) is 75.0 cm³/mol. The van der Waals surface area contributed by atoms with Gasteiger partial charge in [-0.3, -0.25) is 9.59 Å². The number of thiophene rings is 1. The van der Waals surface area contributed by atoms with E-state index in [1.807, 2.05) is 17.5 Å². The molecular weight excluding hydrogens is 262 g/mol. The molecule has 0 bridgehead atoms. The second-order valence-corrected chi connectivity index (χ2v) is 4.91. The molecule has 1 N–H and O–H groups in total. The minimum Gasteiger partial charge on any atom is -0.495 e. The van der Waals surface area contributed by atoms with Crippen LogP contribution in [0.15, 0.2) is 35.7 Å². The lowest BCUT2D eigenvalue weighted by Crippen LogP contribution is -2.14. The lowest BCUT2D eigenvalue weighted by Gasteiger charge is -2.10. The summed E-state index contributed by atoms with van der Waals surface area (Å²) in [6.07, 6.45) is 1.04. The molecule has 1 aromatic carbocycles. The van der Waals surface area contributed by atoms with Crippen molar-refractivity contribution in [1.82, 2.24) is 0 Å². The van der Waals surface area contributed by atoms with Crippen LogP contribution in [0.5, 0.6) is 5.75 Å². The molecule has 0 aliphatic rings. The highest BCUT2D eigenvalue weighted by atomic mass is 32.1. The van der Waals surface area contributed by atoms with Crippen LogP contribution in [0.4, 0.5) is 5.69 Å². The maximum Gasteiger partial charge on any atom is 0.229 e. The van der Waals surface area contributed by atoms with Gasteiger partial charge >= 0.3 is 0 Å². The summed E-state index contributed by atoms with van der Waals surface area (Å²) in [5.41, 5.74) is 1.00. The minimum absolute atomic E-state index is 0.135. The number of hydrogen-bond donors (Lipinski definition) is 1. The van der Waals surface area contributed by atoms with Crippen LogP contribution >= 0.6 is 11.3 Å². The van der Waals surface area contributed by atoms with Gasteiger partial charge in [0.05, 0.1) is 19.2 Å². The molecule has 98 valence electrons. The van der Waals surface area contributed by atoms with Crippen LogP contribution in [0.3, 0.4) is 0 Å². The highest BCUT2D eigenvalue weighted by molar-refractivity contribution is 7.10. The van der Waals surface area contributed by atoms with Gasteiger partial charge in [0.1, 0.15) is 12.0 Å². The zero-order valence-electron chi connectivity index (χ0n) is 10.4. The maximum atomic E-state index is 11.9. The van der Waals surface area contributed by atoms with Crippen molar-refractivity contribution in [1.29, 1.82) is 0 Å². The quantitative estimate of drug-likeness (QED) is 0.854. The van der Waals surface area contributed by atoms with E-state index < -0.39 is 0 Å². The number of hydrogen-bond acceptors (Lipinski definition) is 4. The largest absolute Gasteiger partial charge is 0.495 e. The van der Waals surface area contributed by atoms with Crippen molar-refractivity contribution >= 4 is 29.2 Å². The third-order valence-electron chi connectivity index (χ3n) is 2.55. The first-order valence-electron chi connectivity index (χ1n) is 5.68. The van der Waals surface area contributed by atoms with Crippen LogP contribution in [0.25, 0.3) is 0 Å². The lowest BCUT2D eigenvalue weighted by atomic mass is 10.2. The van der Waals surface area contributed by atoms with Crippen LogP contribution in [-0.2, 0) is 11.2 Å². The van der Waals surface area contributed by atoms with Crippen molar-refractivity contribution in [2.45, 2.75) is 6.42 Å². The van der Waals surface area contributed by atoms with Crippen LogP contribution in [0.2, 0.25) is 0 Å². The monoisotopic (exact) mass is 275 g/mol. The minimum atomic E-state index is -0.135. The van der Waals surface area contributed by atoms with Crippen LogP contribution < -0.4 is 10.1 Å². The molecule has 4 nitrogen and oxygen atoms in total. The molecule has 1 amide bonds. The fraction of sp³-hybridized carbons (Fsp3) is 0.143. The molecular formula is C14H13NO3S. The fourth-order valence-corrected chi connectivity index (χ4v) is 2.37. The lowest BCUT2D eigenvalue weighted by molar-refractivity contribution is -0.115. The summed E-state index contributed by atoms with van der Waals surface area (Å²) in [6, 6.07) is 8.70. The van der Waals surface area contributed by atoms with E-state index in [1.54, 1.807) is 18.2 Å². The van der Waals surface area contributed by atoms with Gasteiger partial charge in [-0.15, -0.1) is 11.3 Å². The van der Waals surface area contributed by atoms with E-state index in [2.05, 4.69) is 5.32 Å². The standard InChI is InChI=1S/C14H13NO3S/c1-18-13-5-4-10(9-16)7-12(13)15-14(17)8-11-3-2-6-19-11/h2-7,9H,8H2,1H3,(H,15,17). The van der Waals surface area contributed by atoms with E-state index in [9.17, 15) is 9.59 Å². The number of ether oxygens (including phenoxy) is 1. The Hall–Kier alpha value is -2.14. The molecule has 0 saturated heterocycles. The van der Waals surface area contributed by atoms with Crippen molar-refractivity contribution in [2.24, 2.45) is 0 Å². The molecule has 0 radical (unpaired) electrons. The molecule has 0 unspecified atom stereocenters. The van der Waals surface area contributed by atoms with Crippen molar-refractivity contribution in [3.63, 3.8) is 0 Å². The second kappa shape index (κ2) is 6.15. The van der Waals surface area contributed by atoms with Gasteiger partial charge in [0.15, 0.2) is 0 Å². The summed E-state index contributed by atoms with van der Waals surface area (Å²) in [6.45, 7) is 0. The Morgan fingerprint density at radius 3 is 2.89 bits per heavy atom. The summed E-state index contributed by atoms with van der Waals surface area (Å²) in [7, 11) is 1.52. The van der Waals surface area contributed by atoms with Crippen molar-refractivity contribution < 1.29 is 14.3 Å². The third kappa shape index (κ3) is 3.42. The first kappa shape index (κ1) is 13.3. The van der Waals surface area contributed by atoms with Crippen LogP contribution in [0.1, 0.15) is 15.2 Å². The zero-order chi connectivity index (χ0) is 13.7. The first-order chi connectivity index (χ1) is 9.22. The molecule has 0 aliphatic heterocycles. The van der Waals surface area contributed by atoms with E-state index >= 15 is 0 Å². The fourth-order valence-electron chi connectivity index (χ4n) is 1.66. The van der Waals surface area contributed by atoms with E-state index in [-0.39, 0.29) is 5.91 Å². The second-order valence-electron chi connectivity index (χ2n) is 3.88. The number of carbonyl (C=O) groups excluding carboxylic acids is 2. The Bertz CT molecular complexity index is 578. The Labute approximate surface area is 115 Å². The molecule has 0 atom stereocenters. The van der Waals surface area contributed by atoms with E-state index in [1.165, 1.54) is 18.4 Å². The number of nitrogens with one attached hydrogen (secondary N) is 1. The number of carbonyl (C=O) groups is 2. The molecule has 5 heteroatoms. The number of rotatable bonds is 5. The highest BCUT2D eigenvalue weighted by Gasteiger charge is 2.09. The summed E-state index contributed by atoms with van der Waals surface area (Å²) in [5.74, 6) is 0.397. The molecule has 0 spiro atoms. The summed E-state index contributed by atoms with van der Waals surface area (Å²) < 4.78 is 5.15. The summed E-state index contributed by atoms with van der Waals surface area (Å²) in [4.78, 5) is 23.6. The van der Waals surface area contributed by atoms with Crippen LogP contribution in [-0.4, -0.2) is 19.3 Å². The topological polar surface area (TPSA) is 55.4 Å². The normalized spacial score (nSPS) is 9.95. The number of benzene rings is 1. The molecule has 2 aromatic rings. The maximum absolute atomic E-state index is 11.9. The SMILES string of the molecule is COc1ccc(C=O)cc1NC(=O)Cc1cccs1. The number of methoxy groups -OCH3 is 1. The van der Waals surface area contributed by atoms with Gasteiger partial charge in [-0.25, -0.2) is 0 Å². The molecule has 1 aromatic heterocycles. The van der Waals surface area contributed by atoms with Crippen molar-refractivity contribution in [2.75, 3.05) is 12.4 Å². The number of aldehydes is 1. The first-order valence-corrected chi connectivity index (χ1v) is 6.56. The molecule has 19 heavy (non-hydrogen) atoms. The van der Waals surface area contributed by atoms with E-state index in [0.717, 1.165) is 11.2 Å². The zero-order valence-corrected chi connectivity index (χ0v) is 11.2. The van der Waals surface area contributed by atoms with Gasteiger partial charge in [-0.05, 0) is 29.6 Å². The molecule has 0 aliphatic carbocycles. The van der Waals surface area contributed by atoms with Gasteiger partial charge in [-0.2, -0.15) is 0 Å². The Morgan fingerprint density at radius 1 is 1.42 bits per heavy atom. The molecule has 0 fully saturated rings. The smallest absolute Gasteiger partial charge is 0.229 e. The summed E-state index contributed by atoms with van der Waals surface area (Å²) >= 11 is 1.53. The Balaban J connectivity index is 2.13. The molecule has 1 heterocycles. The van der Waals surface area contributed by atoms with Gasteiger partial charge in [0.25, 0.3) is 0 Å². The predicted octanol–water partition coefficient (Wildman–Crippen LogP) is 2.75. The third-order valence-corrected chi connectivity index (χ3v) is 3.42. The average molecular weight is 275 g/mol. The van der Waals surface area contributed by atoms with E-state index in [0.29, 0.717) is 23.4 Å². The molecule has 2 rings (SSSR count). The Kier molecular flexibility index (Phi) is 4.30. The number of amides is 1. The Morgan fingerprint density at radius 2 is 2.26 bits per heavy atom. The average Bonchev–Trinajstić information content (AvgIpc) is 2.91. The van der Waals surface area contributed by atoms with Crippen molar-refractivity contribution in [3.8, 4) is 5.75 Å². The highest BCUT2D eigenvalue weighted by Crippen LogP contribution is 2.25. The van der Waals surface area contributed by atoms with Gasteiger partial charge in [0, 0.05) is 10.4 Å². The van der Waals surface area contributed by atoms with Crippen LogP contribution in [0, 0.1) is 0 Å². The van der Waals surface area contributed by atoms with Gasteiger partial charge in [0.2, 0.25) is 5.91 Å².